The molecule has 2 N–H and O–H groups in total. The molecule has 0 saturated carbocycles. The third-order valence-electron chi connectivity index (χ3n) is 3.33. The van der Waals surface area contributed by atoms with E-state index in [9.17, 15) is 14.4 Å². The summed E-state index contributed by atoms with van der Waals surface area (Å²) < 4.78 is 0. The van der Waals surface area contributed by atoms with Gasteiger partial charge in [-0.15, -0.1) is 0 Å². The Morgan fingerprint density at radius 2 is 1.70 bits per heavy atom. The van der Waals surface area contributed by atoms with Gasteiger partial charge in [0.05, 0.1) is 5.92 Å². The van der Waals surface area contributed by atoms with Gasteiger partial charge in [0.2, 0.25) is 5.91 Å². The van der Waals surface area contributed by atoms with Gasteiger partial charge in [0.15, 0.2) is 11.6 Å². The van der Waals surface area contributed by atoms with Crippen molar-refractivity contribution >= 4 is 23.0 Å². The summed E-state index contributed by atoms with van der Waals surface area (Å²) in [6, 6.07) is 8.86. The monoisotopic (exact) mass is 269 g/mol. The lowest BCUT2D eigenvalue weighted by molar-refractivity contribution is -0.122. The average Bonchev–Trinajstić information content (AvgIpc) is 2.44. The van der Waals surface area contributed by atoms with E-state index in [1.807, 2.05) is 6.07 Å². The molecule has 0 spiro atoms. The van der Waals surface area contributed by atoms with Crippen LogP contribution < -0.4 is 5.73 Å². The minimum absolute atomic E-state index is 0.207. The number of allylic oxidation sites excluding steroid dienone is 3. The summed E-state index contributed by atoms with van der Waals surface area (Å²) in [5.41, 5.74) is 6.48. The van der Waals surface area contributed by atoms with E-state index in [0.717, 1.165) is 0 Å². The minimum atomic E-state index is -0.744. The Bertz CT molecular complexity index is 626. The molecule has 1 amide bonds. The molecule has 0 radical (unpaired) electrons. The van der Waals surface area contributed by atoms with Crippen LogP contribution in [0.5, 0.6) is 0 Å². The highest BCUT2D eigenvalue weighted by Gasteiger charge is 2.31. The highest BCUT2D eigenvalue weighted by Crippen LogP contribution is 2.30. The first-order valence-electron chi connectivity index (χ1n) is 6.42. The van der Waals surface area contributed by atoms with Gasteiger partial charge in [-0.25, -0.2) is 0 Å². The first kappa shape index (κ1) is 13.9. The number of benzene rings is 1. The molecule has 0 heterocycles. The molecule has 1 unspecified atom stereocenters. The normalized spacial score (nSPS) is 16.4. The quantitative estimate of drug-likeness (QED) is 0.844. The van der Waals surface area contributed by atoms with Crippen molar-refractivity contribution in [2.75, 3.05) is 0 Å². The van der Waals surface area contributed by atoms with Crippen LogP contribution in [0.1, 0.15) is 18.9 Å². The zero-order chi connectivity index (χ0) is 14.7. The van der Waals surface area contributed by atoms with E-state index >= 15 is 0 Å². The Balaban J connectivity index is 2.67. The van der Waals surface area contributed by atoms with Crippen LogP contribution in [0.2, 0.25) is 0 Å². The van der Waals surface area contributed by atoms with Gasteiger partial charge in [-0.05, 0) is 24.1 Å². The van der Waals surface area contributed by atoms with Gasteiger partial charge in [-0.1, -0.05) is 37.3 Å². The van der Waals surface area contributed by atoms with Crippen LogP contribution in [0.25, 0.3) is 5.57 Å². The molecule has 1 aliphatic rings. The van der Waals surface area contributed by atoms with Gasteiger partial charge in [-0.2, -0.15) is 0 Å². The number of hydrogen-bond acceptors (Lipinski definition) is 3. The summed E-state index contributed by atoms with van der Waals surface area (Å²) >= 11 is 0. The molecule has 0 aromatic heterocycles. The Labute approximate surface area is 117 Å². The molecule has 0 saturated heterocycles. The molecule has 1 aromatic rings. The van der Waals surface area contributed by atoms with E-state index in [2.05, 4.69) is 0 Å². The van der Waals surface area contributed by atoms with Crippen LogP contribution >= 0.6 is 0 Å². The molecule has 102 valence electrons. The van der Waals surface area contributed by atoms with Crippen molar-refractivity contribution in [3.8, 4) is 0 Å². The van der Waals surface area contributed by atoms with E-state index in [1.54, 1.807) is 31.2 Å². The fourth-order valence-electron chi connectivity index (χ4n) is 2.38. The number of amides is 1. The lowest BCUT2D eigenvalue weighted by Crippen LogP contribution is -2.30. The van der Waals surface area contributed by atoms with Crippen molar-refractivity contribution in [1.29, 1.82) is 0 Å². The van der Waals surface area contributed by atoms with Crippen LogP contribution in [-0.4, -0.2) is 17.5 Å². The molecule has 20 heavy (non-hydrogen) atoms. The molecule has 2 rings (SSSR count). The smallest absolute Gasteiger partial charge is 0.225 e. The summed E-state index contributed by atoms with van der Waals surface area (Å²) in [6.45, 7) is 1.76. The maximum absolute atomic E-state index is 12.1. The number of rotatable bonds is 4. The van der Waals surface area contributed by atoms with Gasteiger partial charge in [0.25, 0.3) is 0 Å². The minimum Gasteiger partial charge on any atom is -0.369 e. The molecular weight excluding hydrogens is 254 g/mol. The Morgan fingerprint density at radius 1 is 1.10 bits per heavy atom. The van der Waals surface area contributed by atoms with Crippen molar-refractivity contribution in [1.82, 2.24) is 0 Å². The van der Waals surface area contributed by atoms with Crippen LogP contribution in [0.15, 0.2) is 48.1 Å². The second-order valence-corrected chi connectivity index (χ2v) is 4.58. The second kappa shape index (κ2) is 5.65. The summed E-state index contributed by atoms with van der Waals surface area (Å²) in [5, 5.41) is 0. The lowest BCUT2D eigenvalue weighted by Gasteiger charge is -2.20. The molecule has 1 aromatic carbocycles. The van der Waals surface area contributed by atoms with Gasteiger partial charge >= 0.3 is 0 Å². The number of carbonyl (C=O) groups is 3. The highest BCUT2D eigenvalue weighted by atomic mass is 16.2. The molecule has 0 fully saturated rings. The maximum Gasteiger partial charge on any atom is 0.225 e. The first-order chi connectivity index (χ1) is 9.56. The summed E-state index contributed by atoms with van der Waals surface area (Å²) in [4.78, 5) is 35.8. The van der Waals surface area contributed by atoms with Gasteiger partial charge in [0.1, 0.15) is 0 Å². The molecule has 4 heteroatoms. The van der Waals surface area contributed by atoms with Crippen LogP contribution in [0.3, 0.4) is 0 Å². The van der Waals surface area contributed by atoms with Crippen molar-refractivity contribution in [3.05, 3.63) is 53.6 Å². The zero-order valence-corrected chi connectivity index (χ0v) is 11.1. The Hall–Kier alpha value is -2.49. The molecule has 0 aliphatic heterocycles. The predicted octanol–water partition coefficient (Wildman–Crippen LogP) is 1.66. The van der Waals surface area contributed by atoms with Crippen molar-refractivity contribution in [2.45, 2.75) is 13.3 Å². The van der Waals surface area contributed by atoms with Crippen LogP contribution in [0, 0.1) is 5.92 Å². The van der Waals surface area contributed by atoms with E-state index in [4.69, 9.17) is 5.73 Å². The van der Waals surface area contributed by atoms with Crippen LogP contribution in [0.4, 0.5) is 0 Å². The standard InChI is InChI=1S/C16H15NO3/c1-2-11(16(17)20)15-13(19)9-8-12(18)14(15)10-6-4-3-5-7-10/h3-9,11H,2H2,1H3,(H2,17,20). The first-order valence-corrected chi connectivity index (χ1v) is 6.42. The largest absolute Gasteiger partial charge is 0.369 e. The number of primary amides is 1. The van der Waals surface area contributed by atoms with Gasteiger partial charge in [-0.3, -0.25) is 14.4 Å². The average molecular weight is 269 g/mol. The van der Waals surface area contributed by atoms with E-state index in [-0.39, 0.29) is 22.7 Å². The number of hydrogen-bond donors (Lipinski definition) is 1. The second-order valence-electron chi connectivity index (χ2n) is 4.58. The van der Waals surface area contributed by atoms with Crippen molar-refractivity contribution in [2.24, 2.45) is 11.7 Å². The summed E-state index contributed by atoms with van der Waals surface area (Å²) in [5.74, 6) is -1.93. The van der Waals surface area contributed by atoms with Gasteiger partial charge in [0, 0.05) is 11.1 Å². The molecule has 0 bridgehead atoms. The van der Waals surface area contributed by atoms with E-state index < -0.39 is 11.8 Å². The predicted molar refractivity (Wildman–Crippen MR) is 75.5 cm³/mol. The third-order valence-corrected chi connectivity index (χ3v) is 3.33. The van der Waals surface area contributed by atoms with Gasteiger partial charge < -0.3 is 5.73 Å². The Morgan fingerprint density at radius 3 is 2.25 bits per heavy atom. The highest BCUT2D eigenvalue weighted by molar-refractivity contribution is 6.36. The fourth-order valence-corrected chi connectivity index (χ4v) is 2.38. The topological polar surface area (TPSA) is 77.2 Å². The molecule has 4 nitrogen and oxygen atoms in total. The molecule has 1 aliphatic carbocycles. The third kappa shape index (κ3) is 2.45. The van der Waals surface area contributed by atoms with Crippen molar-refractivity contribution < 1.29 is 14.4 Å². The number of carbonyl (C=O) groups excluding carboxylic acids is 3. The molecular formula is C16H15NO3. The lowest BCUT2D eigenvalue weighted by atomic mass is 9.81. The number of ketones is 2. The molecule has 1 atom stereocenters. The zero-order valence-electron chi connectivity index (χ0n) is 11.1. The summed E-state index contributed by atoms with van der Waals surface area (Å²) in [7, 11) is 0. The number of nitrogens with two attached hydrogens (primary N) is 1. The maximum atomic E-state index is 12.1. The summed E-state index contributed by atoms with van der Waals surface area (Å²) in [6.07, 6.45) is 2.82. The van der Waals surface area contributed by atoms with E-state index in [1.165, 1.54) is 12.2 Å². The van der Waals surface area contributed by atoms with Crippen molar-refractivity contribution in [3.63, 3.8) is 0 Å². The fraction of sp³-hybridized carbons (Fsp3) is 0.188. The van der Waals surface area contributed by atoms with E-state index in [0.29, 0.717) is 12.0 Å². The Kier molecular flexibility index (Phi) is 3.94. The van der Waals surface area contributed by atoms with Crippen LogP contribution in [-0.2, 0) is 14.4 Å². The SMILES string of the molecule is CCC(C(N)=O)C1=C(c2ccccc2)C(=O)C=CC1=O.